The lowest BCUT2D eigenvalue weighted by molar-refractivity contribution is -0.0119. The third-order valence-corrected chi connectivity index (χ3v) is 4.42. The van der Waals surface area contributed by atoms with Gasteiger partial charge < -0.3 is 9.47 Å². The Kier molecular flexibility index (Phi) is 13.1. The molecule has 1 heterocycles. The van der Waals surface area contributed by atoms with Crippen molar-refractivity contribution < 1.29 is 14.6 Å². The molecule has 2 radical (unpaired) electrons. The molecule has 3 nitrogen and oxygen atoms in total. The standard InChI is InChI=1S/C19H36O3/c1-2-3-4-10-16-22-19-13-8-6-5-7-12-18(20)17-21-15-11-9-14-19/h18-19H,1-17H2. The molecule has 0 aliphatic carbocycles. The van der Waals surface area contributed by atoms with Crippen molar-refractivity contribution in [2.45, 2.75) is 95.7 Å². The van der Waals surface area contributed by atoms with E-state index in [9.17, 15) is 5.11 Å². The van der Waals surface area contributed by atoms with Crippen LogP contribution in [0, 0.1) is 6.92 Å². The van der Waals surface area contributed by atoms with Crippen molar-refractivity contribution in [2.24, 2.45) is 0 Å². The minimum atomic E-state index is -0.516. The van der Waals surface area contributed by atoms with E-state index in [-0.39, 0.29) is 0 Å². The second-order valence-corrected chi connectivity index (χ2v) is 6.59. The number of hydrogen-bond acceptors (Lipinski definition) is 2. The Morgan fingerprint density at radius 2 is 1.64 bits per heavy atom. The molecule has 0 N–H and O–H groups in total. The van der Waals surface area contributed by atoms with Crippen molar-refractivity contribution in [2.75, 3.05) is 19.8 Å². The van der Waals surface area contributed by atoms with E-state index in [0.717, 1.165) is 51.7 Å². The van der Waals surface area contributed by atoms with E-state index in [1.165, 1.54) is 44.9 Å². The lowest BCUT2D eigenvalue weighted by atomic mass is 10.0. The van der Waals surface area contributed by atoms with Crippen LogP contribution in [-0.2, 0) is 14.6 Å². The Hall–Kier alpha value is -0.120. The number of rotatable bonds is 6. The van der Waals surface area contributed by atoms with Gasteiger partial charge in [0.15, 0.2) is 0 Å². The molecule has 0 aromatic heterocycles. The van der Waals surface area contributed by atoms with Gasteiger partial charge in [0.2, 0.25) is 0 Å². The summed E-state index contributed by atoms with van der Waals surface area (Å²) in [6.45, 7) is 5.91. The zero-order valence-corrected chi connectivity index (χ0v) is 14.4. The predicted molar refractivity (Wildman–Crippen MR) is 90.4 cm³/mol. The highest BCUT2D eigenvalue weighted by Gasteiger charge is 2.11. The Morgan fingerprint density at radius 1 is 0.909 bits per heavy atom. The first kappa shape index (κ1) is 19.9. The van der Waals surface area contributed by atoms with Gasteiger partial charge in [0.1, 0.15) is 6.10 Å². The van der Waals surface area contributed by atoms with Gasteiger partial charge in [0.05, 0.1) is 12.7 Å². The average Bonchev–Trinajstić information content (AvgIpc) is 2.52. The fraction of sp³-hybridized carbons (Fsp3) is 0.947. The van der Waals surface area contributed by atoms with Crippen molar-refractivity contribution in [3.63, 3.8) is 0 Å². The van der Waals surface area contributed by atoms with Gasteiger partial charge >= 0.3 is 0 Å². The number of ether oxygens (including phenoxy) is 2. The summed E-state index contributed by atoms with van der Waals surface area (Å²) >= 11 is 0. The van der Waals surface area contributed by atoms with Crippen LogP contribution in [-0.4, -0.2) is 32.0 Å². The Labute approximate surface area is 137 Å². The third kappa shape index (κ3) is 11.4. The summed E-state index contributed by atoms with van der Waals surface area (Å²) in [5.74, 6) is 0. The first-order valence-electron chi connectivity index (χ1n) is 9.47. The topological polar surface area (TPSA) is 38.4 Å². The molecule has 2 atom stereocenters. The van der Waals surface area contributed by atoms with Crippen molar-refractivity contribution >= 4 is 0 Å². The molecule has 0 spiro atoms. The summed E-state index contributed by atoms with van der Waals surface area (Å²) in [5.41, 5.74) is 0. The van der Waals surface area contributed by atoms with Gasteiger partial charge in [-0.1, -0.05) is 51.9 Å². The van der Waals surface area contributed by atoms with Crippen molar-refractivity contribution in [3.05, 3.63) is 6.92 Å². The van der Waals surface area contributed by atoms with E-state index in [4.69, 9.17) is 9.47 Å². The number of unbranched alkanes of at least 4 members (excludes halogenated alkanes) is 3. The van der Waals surface area contributed by atoms with Crippen LogP contribution in [0.4, 0.5) is 0 Å². The maximum absolute atomic E-state index is 11.6. The second kappa shape index (κ2) is 14.5. The second-order valence-electron chi connectivity index (χ2n) is 6.59. The Bertz CT molecular complexity index is 217. The fourth-order valence-corrected chi connectivity index (χ4v) is 2.99. The Balaban J connectivity index is 2.20. The molecule has 1 rings (SSSR count). The third-order valence-electron chi connectivity index (χ3n) is 4.42. The fourth-order valence-electron chi connectivity index (χ4n) is 2.99. The summed E-state index contributed by atoms with van der Waals surface area (Å²) in [6, 6.07) is 0. The van der Waals surface area contributed by atoms with Crippen LogP contribution >= 0.6 is 0 Å². The summed E-state index contributed by atoms with van der Waals surface area (Å²) in [5, 5.41) is 11.6. The highest BCUT2D eigenvalue weighted by molar-refractivity contribution is 4.62. The van der Waals surface area contributed by atoms with Gasteiger partial charge in [-0.3, -0.25) is 0 Å². The smallest absolute Gasteiger partial charge is 0.116 e. The average molecular weight is 312 g/mol. The van der Waals surface area contributed by atoms with E-state index < -0.39 is 6.10 Å². The molecular weight excluding hydrogens is 276 g/mol. The van der Waals surface area contributed by atoms with Gasteiger partial charge in [0, 0.05) is 13.2 Å². The lowest BCUT2D eigenvalue weighted by Gasteiger charge is -2.19. The van der Waals surface area contributed by atoms with Gasteiger partial charge in [-0.05, 0) is 38.5 Å². The highest BCUT2D eigenvalue weighted by atomic mass is 16.5. The first-order valence-corrected chi connectivity index (χ1v) is 9.47. The molecule has 1 saturated heterocycles. The van der Waals surface area contributed by atoms with E-state index >= 15 is 0 Å². The summed E-state index contributed by atoms with van der Waals surface area (Å²) in [7, 11) is 0. The molecule has 1 aliphatic heterocycles. The first-order chi connectivity index (χ1) is 10.8. The lowest BCUT2D eigenvalue weighted by Crippen LogP contribution is -2.16. The summed E-state index contributed by atoms with van der Waals surface area (Å²) in [4.78, 5) is 0. The van der Waals surface area contributed by atoms with Crippen molar-refractivity contribution in [3.8, 4) is 0 Å². The maximum atomic E-state index is 11.6. The Morgan fingerprint density at radius 3 is 2.41 bits per heavy atom. The summed E-state index contributed by atoms with van der Waals surface area (Å²) < 4.78 is 11.6. The van der Waals surface area contributed by atoms with Crippen LogP contribution in [0.25, 0.3) is 0 Å². The minimum absolute atomic E-state index is 0.395. The van der Waals surface area contributed by atoms with Gasteiger partial charge in [-0.25, -0.2) is 5.11 Å². The van der Waals surface area contributed by atoms with Gasteiger partial charge in [-0.2, -0.15) is 0 Å². The van der Waals surface area contributed by atoms with Crippen LogP contribution in [0.15, 0.2) is 0 Å². The molecule has 2 unspecified atom stereocenters. The van der Waals surface area contributed by atoms with Crippen molar-refractivity contribution in [1.82, 2.24) is 0 Å². The molecule has 130 valence electrons. The van der Waals surface area contributed by atoms with E-state index in [1.54, 1.807) is 0 Å². The van der Waals surface area contributed by atoms with Crippen molar-refractivity contribution in [1.29, 1.82) is 0 Å². The van der Waals surface area contributed by atoms with Crippen LogP contribution < -0.4 is 0 Å². The quantitative estimate of drug-likeness (QED) is 0.639. The minimum Gasteiger partial charge on any atom is -0.379 e. The van der Waals surface area contributed by atoms with Gasteiger partial charge in [-0.15, -0.1) is 0 Å². The molecule has 0 amide bonds. The molecule has 0 aromatic carbocycles. The normalized spacial score (nSPS) is 26.5. The van der Waals surface area contributed by atoms with Crippen LogP contribution in [0.2, 0.25) is 0 Å². The molecule has 22 heavy (non-hydrogen) atoms. The van der Waals surface area contributed by atoms with Crippen LogP contribution in [0.5, 0.6) is 0 Å². The molecule has 0 saturated carbocycles. The number of hydrogen-bond donors (Lipinski definition) is 0. The molecule has 1 fully saturated rings. The zero-order chi connectivity index (χ0) is 15.9. The largest absolute Gasteiger partial charge is 0.379 e. The SMILES string of the molecule is [CH2]CCCCCOC1CCCCCCC([O])COCCCC1. The van der Waals surface area contributed by atoms with E-state index in [1.807, 2.05) is 0 Å². The monoisotopic (exact) mass is 312 g/mol. The molecule has 0 bridgehead atoms. The molecule has 3 heteroatoms. The molecule has 1 aliphatic rings. The maximum Gasteiger partial charge on any atom is 0.116 e. The zero-order valence-electron chi connectivity index (χ0n) is 14.4. The molecule has 0 aromatic rings. The highest BCUT2D eigenvalue weighted by Crippen LogP contribution is 2.17. The van der Waals surface area contributed by atoms with Gasteiger partial charge in [0.25, 0.3) is 0 Å². The predicted octanol–water partition coefficient (Wildman–Crippen LogP) is 5.11. The van der Waals surface area contributed by atoms with E-state index in [0.29, 0.717) is 12.7 Å². The van der Waals surface area contributed by atoms with Crippen LogP contribution in [0.3, 0.4) is 0 Å². The van der Waals surface area contributed by atoms with Crippen LogP contribution in [0.1, 0.15) is 83.5 Å². The summed E-state index contributed by atoms with van der Waals surface area (Å²) in [6.07, 6.45) is 14.5. The van der Waals surface area contributed by atoms with E-state index in [2.05, 4.69) is 6.92 Å². The molecular formula is C19H36O3.